The third-order valence-corrected chi connectivity index (χ3v) is 4.97. The van der Waals surface area contributed by atoms with Crippen molar-refractivity contribution in [3.05, 3.63) is 95.9 Å². The standard InChI is InChI=1S/C24H23N3O2/c1-29-20-10-8-19(9-11-20)16-27-17-22(21-6-2-3-7-23(21)27)24(28)26-14-12-18-5-4-13-25-15-18/h2-11,13,15,17H,12,14,16H2,1H3,(H,26,28). The highest BCUT2D eigenvalue weighted by molar-refractivity contribution is 6.07. The van der Waals surface area contributed by atoms with Crippen molar-refractivity contribution in [1.82, 2.24) is 14.9 Å². The molecule has 0 fully saturated rings. The normalized spacial score (nSPS) is 10.8. The fourth-order valence-corrected chi connectivity index (χ4v) is 3.45. The van der Waals surface area contributed by atoms with Gasteiger partial charge in [0.05, 0.1) is 12.7 Å². The summed E-state index contributed by atoms with van der Waals surface area (Å²) in [5, 5.41) is 3.99. The fraction of sp³-hybridized carbons (Fsp3) is 0.167. The maximum Gasteiger partial charge on any atom is 0.253 e. The second kappa shape index (κ2) is 8.61. The number of benzene rings is 2. The van der Waals surface area contributed by atoms with Gasteiger partial charge in [-0.05, 0) is 41.8 Å². The maximum atomic E-state index is 12.8. The largest absolute Gasteiger partial charge is 0.497 e. The molecule has 1 N–H and O–H groups in total. The van der Waals surface area contributed by atoms with Gasteiger partial charge in [-0.3, -0.25) is 9.78 Å². The zero-order valence-electron chi connectivity index (χ0n) is 16.3. The Hall–Kier alpha value is -3.60. The molecule has 0 radical (unpaired) electrons. The highest BCUT2D eigenvalue weighted by atomic mass is 16.5. The molecule has 0 saturated heterocycles. The number of hydrogen-bond donors (Lipinski definition) is 1. The molecular formula is C24H23N3O2. The molecule has 0 aliphatic carbocycles. The van der Waals surface area contributed by atoms with Crippen LogP contribution < -0.4 is 10.1 Å². The second-order valence-corrected chi connectivity index (χ2v) is 6.90. The second-order valence-electron chi connectivity index (χ2n) is 6.90. The van der Waals surface area contributed by atoms with Gasteiger partial charge in [-0.25, -0.2) is 0 Å². The number of aromatic nitrogens is 2. The minimum atomic E-state index is -0.0569. The molecule has 4 aromatic rings. The van der Waals surface area contributed by atoms with Gasteiger partial charge in [0.15, 0.2) is 0 Å². The van der Waals surface area contributed by atoms with Crippen molar-refractivity contribution in [3.8, 4) is 5.75 Å². The number of pyridine rings is 1. The first-order valence-electron chi connectivity index (χ1n) is 9.62. The van der Waals surface area contributed by atoms with Gasteiger partial charge in [0.25, 0.3) is 5.91 Å². The summed E-state index contributed by atoms with van der Waals surface area (Å²) in [6, 6.07) is 19.9. The molecule has 29 heavy (non-hydrogen) atoms. The topological polar surface area (TPSA) is 56.1 Å². The van der Waals surface area contributed by atoms with E-state index in [4.69, 9.17) is 4.74 Å². The van der Waals surface area contributed by atoms with Crippen LogP contribution in [0.25, 0.3) is 10.9 Å². The van der Waals surface area contributed by atoms with Crippen molar-refractivity contribution in [2.24, 2.45) is 0 Å². The van der Waals surface area contributed by atoms with Gasteiger partial charge in [0.1, 0.15) is 5.75 Å². The number of rotatable bonds is 7. The van der Waals surface area contributed by atoms with Crippen LogP contribution in [-0.2, 0) is 13.0 Å². The van der Waals surface area contributed by atoms with Gasteiger partial charge in [-0.15, -0.1) is 0 Å². The van der Waals surface area contributed by atoms with Crippen LogP contribution in [0.4, 0.5) is 0 Å². The Kier molecular flexibility index (Phi) is 5.56. The smallest absolute Gasteiger partial charge is 0.253 e. The molecule has 2 heterocycles. The minimum Gasteiger partial charge on any atom is -0.497 e. The Morgan fingerprint density at radius 2 is 1.86 bits per heavy atom. The van der Waals surface area contributed by atoms with Gasteiger partial charge in [0.2, 0.25) is 0 Å². The number of amides is 1. The Balaban J connectivity index is 1.52. The van der Waals surface area contributed by atoms with Gasteiger partial charge < -0.3 is 14.6 Å². The first-order valence-corrected chi connectivity index (χ1v) is 9.62. The van der Waals surface area contributed by atoms with E-state index in [9.17, 15) is 4.79 Å². The molecular weight excluding hydrogens is 362 g/mol. The molecule has 0 aliphatic rings. The van der Waals surface area contributed by atoms with Crippen LogP contribution in [0.5, 0.6) is 5.75 Å². The molecule has 0 unspecified atom stereocenters. The van der Waals surface area contributed by atoms with E-state index in [-0.39, 0.29) is 5.91 Å². The van der Waals surface area contributed by atoms with Crippen molar-refractivity contribution in [3.63, 3.8) is 0 Å². The van der Waals surface area contributed by atoms with Crippen LogP contribution in [0, 0.1) is 0 Å². The molecule has 5 heteroatoms. The first-order chi connectivity index (χ1) is 14.2. The third kappa shape index (κ3) is 4.29. The van der Waals surface area contributed by atoms with Crippen LogP contribution in [0.15, 0.2) is 79.3 Å². The highest BCUT2D eigenvalue weighted by Gasteiger charge is 2.14. The Labute approximate surface area is 170 Å². The van der Waals surface area contributed by atoms with Crippen molar-refractivity contribution in [1.29, 1.82) is 0 Å². The summed E-state index contributed by atoms with van der Waals surface area (Å²) in [7, 11) is 1.66. The van der Waals surface area contributed by atoms with Gasteiger partial charge in [0, 0.05) is 42.6 Å². The van der Waals surface area contributed by atoms with Gasteiger partial charge in [-0.1, -0.05) is 36.4 Å². The van der Waals surface area contributed by atoms with Gasteiger partial charge in [-0.2, -0.15) is 0 Å². The lowest BCUT2D eigenvalue weighted by atomic mass is 10.1. The summed E-state index contributed by atoms with van der Waals surface area (Å²) in [5.41, 5.74) is 3.99. The average Bonchev–Trinajstić information content (AvgIpc) is 3.14. The van der Waals surface area contributed by atoms with Crippen LogP contribution in [0.3, 0.4) is 0 Å². The molecule has 146 valence electrons. The van der Waals surface area contributed by atoms with E-state index in [0.717, 1.165) is 34.2 Å². The summed E-state index contributed by atoms with van der Waals surface area (Å²) < 4.78 is 7.35. The van der Waals surface area contributed by atoms with Crippen molar-refractivity contribution >= 4 is 16.8 Å². The van der Waals surface area contributed by atoms with Crippen LogP contribution >= 0.6 is 0 Å². The molecule has 4 rings (SSSR count). The predicted molar refractivity (Wildman–Crippen MR) is 114 cm³/mol. The third-order valence-electron chi connectivity index (χ3n) is 4.97. The SMILES string of the molecule is COc1ccc(Cn2cc(C(=O)NCCc3cccnc3)c3ccccc32)cc1. The summed E-state index contributed by atoms with van der Waals surface area (Å²) in [6.07, 6.45) is 6.27. The monoisotopic (exact) mass is 385 g/mol. The molecule has 1 amide bonds. The number of ether oxygens (including phenoxy) is 1. The van der Waals surface area contributed by atoms with Crippen LogP contribution in [-0.4, -0.2) is 29.1 Å². The van der Waals surface area contributed by atoms with Crippen LogP contribution in [0.2, 0.25) is 0 Å². The molecule has 2 aromatic carbocycles. The molecule has 0 aliphatic heterocycles. The fourth-order valence-electron chi connectivity index (χ4n) is 3.45. The zero-order chi connectivity index (χ0) is 20.1. The number of carbonyl (C=O) groups excluding carboxylic acids is 1. The quantitative estimate of drug-likeness (QED) is 0.522. The number of nitrogens with one attached hydrogen (secondary N) is 1. The number of carbonyl (C=O) groups is 1. The summed E-state index contributed by atoms with van der Waals surface area (Å²) >= 11 is 0. The number of methoxy groups -OCH3 is 1. The van der Waals surface area contributed by atoms with E-state index >= 15 is 0 Å². The van der Waals surface area contributed by atoms with Crippen molar-refractivity contribution in [2.45, 2.75) is 13.0 Å². The highest BCUT2D eigenvalue weighted by Crippen LogP contribution is 2.23. The Morgan fingerprint density at radius 1 is 1.03 bits per heavy atom. The average molecular weight is 385 g/mol. The molecule has 0 atom stereocenters. The molecule has 5 nitrogen and oxygen atoms in total. The summed E-state index contributed by atoms with van der Waals surface area (Å²) in [5.74, 6) is 0.776. The molecule has 2 aromatic heterocycles. The number of nitrogens with zero attached hydrogens (tertiary/aromatic N) is 2. The van der Waals surface area contributed by atoms with E-state index in [1.54, 1.807) is 13.3 Å². The minimum absolute atomic E-state index is 0.0569. The predicted octanol–water partition coefficient (Wildman–Crippen LogP) is 4.07. The number of fused-ring (bicyclic) bond motifs is 1. The summed E-state index contributed by atoms with van der Waals surface area (Å²) in [6.45, 7) is 1.26. The first kappa shape index (κ1) is 18.7. The maximum absolute atomic E-state index is 12.8. The zero-order valence-corrected chi connectivity index (χ0v) is 16.3. The number of para-hydroxylation sites is 1. The lowest BCUT2D eigenvalue weighted by molar-refractivity contribution is 0.0955. The van der Waals surface area contributed by atoms with E-state index in [0.29, 0.717) is 18.7 Å². The van der Waals surface area contributed by atoms with Crippen LogP contribution in [0.1, 0.15) is 21.5 Å². The lowest BCUT2D eigenvalue weighted by Crippen LogP contribution is -2.25. The van der Waals surface area contributed by atoms with E-state index < -0.39 is 0 Å². The van der Waals surface area contributed by atoms with E-state index in [2.05, 4.69) is 14.9 Å². The van der Waals surface area contributed by atoms with E-state index in [1.807, 2.05) is 73.1 Å². The van der Waals surface area contributed by atoms with E-state index in [1.165, 1.54) is 0 Å². The molecule has 0 bridgehead atoms. The number of hydrogen-bond acceptors (Lipinski definition) is 3. The van der Waals surface area contributed by atoms with Crippen molar-refractivity contribution in [2.75, 3.05) is 13.7 Å². The molecule has 0 saturated carbocycles. The summed E-state index contributed by atoms with van der Waals surface area (Å²) in [4.78, 5) is 17.0. The van der Waals surface area contributed by atoms with Crippen molar-refractivity contribution < 1.29 is 9.53 Å². The molecule has 0 spiro atoms. The Morgan fingerprint density at radius 3 is 2.62 bits per heavy atom. The lowest BCUT2D eigenvalue weighted by Gasteiger charge is -2.06. The Bertz CT molecular complexity index is 1100. The van der Waals surface area contributed by atoms with Gasteiger partial charge >= 0.3 is 0 Å².